The summed E-state index contributed by atoms with van der Waals surface area (Å²) in [5.74, 6) is 0.273. The van der Waals surface area contributed by atoms with Crippen LogP contribution in [0.4, 0.5) is 4.39 Å². The Labute approximate surface area is 108 Å². The largest absolute Gasteiger partial charge is 0.296 e. The number of benzene rings is 1. The molecule has 0 saturated carbocycles. The first-order valence-electron chi connectivity index (χ1n) is 5.80. The average molecular weight is 255 g/mol. The molecule has 2 heterocycles. The fourth-order valence-electron chi connectivity index (χ4n) is 1.96. The fourth-order valence-corrected chi connectivity index (χ4v) is 1.96. The van der Waals surface area contributed by atoms with Crippen molar-refractivity contribution in [1.29, 1.82) is 0 Å². The van der Waals surface area contributed by atoms with Crippen molar-refractivity contribution in [2.75, 3.05) is 0 Å². The third kappa shape index (κ3) is 2.22. The second-order valence-corrected chi connectivity index (χ2v) is 4.17. The Bertz CT molecular complexity index is 751. The van der Waals surface area contributed by atoms with Crippen LogP contribution < -0.4 is 0 Å². The van der Waals surface area contributed by atoms with Gasteiger partial charge in [-0.2, -0.15) is 5.10 Å². The second-order valence-electron chi connectivity index (χ2n) is 4.17. The minimum absolute atomic E-state index is 0.283. The molecule has 0 aliphatic rings. The number of pyridine rings is 1. The Morgan fingerprint density at radius 1 is 1.21 bits per heavy atom. The molecule has 0 N–H and O–H groups in total. The molecule has 3 rings (SSSR count). The fraction of sp³-hybridized carbons (Fsp3) is 0.0714. The second kappa shape index (κ2) is 4.61. The van der Waals surface area contributed by atoms with E-state index in [2.05, 4.69) is 10.1 Å². The molecule has 0 atom stereocenters. The Balaban J connectivity index is 2.00. The van der Waals surface area contributed by atoms with Crippen LogP contribution in [0.25, 0.3) is 5.65 Å². The molecule has 0 amide bonds. The van der Waals surface area contributed by atoms with Crippen LogP contribution in [0.2, 0.25) is 0 Å². The van der Waals surface area contributed by atoms with E-state index in [1.807, 2.05) is 6.07 Å². The summed E-state index contributed by atoms with van der Waals surface area (Å²) in [7, 11) is 0. The van der Waals surface area contributed by atoms with E-state index in [9.17, 15) is 9.18 Å². The molecule has 0 aliphatic heterocycles. The van der Waals surface area contributed by atoms with Gasteiger partial charge in [-0.15, -0.1) is 0 Å². The van der Waals surface area contributed by atoms with Gasteiger partial charge in [0.15, 0.2) is 17.8 Å². The van der Waals surface area contributed by atoms with E-state index in [1.165, 1.54) is 16.6 Å². The molecule has 0 saturated heterocycles. The predicted molar refractivity (Wildman–Crippen MR) is 67.6 cm³/mol. The van der Waals surface area contributed by atoms with Crippen LogP contribution in [0.5, 0.6) is 0 Å². The van der Waals surface area contributed by atoms with Crippen molar-refractivity contribution in [2.45, 2.75) is 6.42 Å². The Kier molecular flexibility index (Phi) is 2.79. The topological polar surface area (TPSA) is 47.3 Å². The summed E-state index contributed by atoms with van der Waals surface area (Å²) in [6.07, 6.45) is 1.16. The molecule has 2 aromatic heterocycles. The first-order valence-corrected chi connectivity index (χ1v) is 5.80. The number of aldehydes is 1. The molecule has 4 nitrogen and oxygen atoms in total. The Morgan fingerprint density at radius 3 is 2.84 bits per heavy atom. The van der Waals surface area contributed by atoms with Crippen LogP contribution >= 0.6 is 0 Å². The van der Waals surface area contributed by atoms with Crippen LogP contribution in [0.15, 0.2) is 42.5 Å². The van der Waals surface area contributed by atoms with Gasteiger partial charge in [0.1, 0.15) is 11.5 Å². The van der Waals surface area contributed by atoms with Gasteiger partial charge in [-0.3, -0.25) is 4.79 Å². The van der Waals surface area contributed by atoms with E-state index in [0.29, 0.717) is 23.6 Å². The molecule has 0 spiro atoms. The first kappa shape index (κ1) is 11.5. The molecule has 19 heavy (non-hydrogen) atoms. The van der Waals surface area contributed by atoms with Crippen molar-refractivity contribution in [2.24, 2.45) is 0 Å². The summed E-state index contributed by atoms with van der Waals surface area (Å²) < 4.78 is 14.6. The van der Waals surface area contributed by atoms with Crippen molar-refractivity contribution in [3.63, 3.8) is 0 Å². The van der Waals surface area contributed by atoms with E-state index in [0.717, 1.165) is 11.8 Å². The summed E-state index contributed by atoms with van der Waals surface area (Å²) in [5, 5.41) is 4.26. The van der Waals surface area contributed by atoms with E-state index in [1.54, 1.807) is 24.3 Å². The maximum absolute atomic E-state index is 13.1. The van der Waals surface area contributed by atoms with Crippen LogP contribution in [0.1, 0.15) is 21.9 Å². The molecule has 1 aromatic carbocycles. The zero-order chi connectivity index (χ0) is 13.2. The number of fused-ring (bicyclic) bond motifs is 1. The molecule has 0 radical (unpaired) electrons. The number of rotatable bonds is 3. The zero-order valence-electron chi connectivity index (χ0n) is 9.95. The summed E-state index contributed by atoms with van der Waals surface area (Å²) in [6.45, 7) is 0. The lowest BCUT2D eigenvalue weighted by Crippen LogP contribution is -1.97. The molecular weight excluding hydrogens is 245 g/mol. The predicted octanol–water partition coefficient (Wildman–Crippen LogP) is 2.27. The SMILES string of the molecule is O=Cc1cccc2nc(Cc3cccc(F)c3)nn12. The highest BCUT2D eigenvalue weighted by molar-refractivity contribution is 5.73. The van der Waals surface area contributed by atoms with Crippen molar-refractivity contribution in [3.05, 3.63) is 65.4 Å². The summed E-state index contributed by atoms with van der Waals surface area (Å²) in [4.78, 5) is 15.2. The number of aromatic nitrogens is 3. The molecule has 0 bridgehead atoms. The van der Waals surface area contributed by atoms with E-state index in [4.69, 9.17) is 0 Å². The van der Waals surface area contributed by atoms with E-state index in [-0.39, 0.29) is 5.82 Å². The Hall–Kier alpha value is -2.56. The van der Waals surface area contributed by atoms with Gasteiger partial charge in [0, 0.05) is 6.42 Å². The number of carbonyl (C=O) groups excluding carboxylic acids is 1. The average Bonchev–Trinajstić information content (AvgIpc) is 2.80. The van der Waals surface area contributed by atoms with Gasteiger partial charge >= 0.3 is 0 Å². The molecular formula is C14H10FN3O. The van der Waals surface area contributed by atoms with Gasteiger partial charge < -0.3 is 0 Å². The number of nitrogens with zero attached hydrogens (tertiary/aromatic N) is 3. The van der Waals surface area contributed by atoms with Gasteiger partial charge in [0.05, 0.1) is 0 Å². The highest BCUT2D eigenvalue weighted by Gasteiger charge is 2.07. The van der Waals surface area contributed by atoms with Crippen LogP contribution in [0, 0.1) is 5.82 Å². The van der Waals surface area contributed by atoms with E-state index >= 15 is 0 Å². The van der Waals surface area contributed by atoms with Crippen LogP contribution in [-0.4, -0.2) is 20.9 Å². The Morgan fingerprint density at radius 2 is 2.05 bits per heavy atom. The normalized spacial score (nSPS) is 10.8. The highest BCUT2D eigenvalue weighted by Crippen LogP contribution is 2.10. The summed E-state index contributed by atoms with van der Waals surface area (Å²) in [5.41, 5.74) is 1.84. The number of hydrogen-bond acceptors (Lipinski definition) is 3. The van der Waals surface area contributed by atoms with Gasteiger partial charge in [-0.05, 0) is 29.8 Å². The summed E-state index contributed by atoms with van der Waals surface area (Å²) in [6, 6.07) is 11.5. The lowest BCUT2D eigenvalue weighted by atomic mass is 10.1. The van der Waals surface area contributed by atoms with Crippen LogP contribution in [-0.2, 0) is 6.42 Å². The van der Waals surface area contributed by atoms with Crippen molar-refractivity contribution >= 4 is 11.9 Å². The minimum Gasteiger partial charge on any atom is -0.296 e. The minimum atomic E-state index is -0.283. The first-order chi connectivity index (χ1) is 9.26. The highest BCUT2D eigenvalue weighted by atomic mass is 19.1. The van der Waals surface area contributed by atoms with Crippen molar-refractivity contribution in [3.8, 4) is 0 Å². The zero-order valence-corrected chi connectivity index (χ0v) is 9.95. The monoisotopic (exact) mass is 255 g/mol. The molecule has 0 fully saturated rings. The lowest BCUT2D eigenvalue weighted by molar-refractivity contribution is 0.111. The number of halogens is 1. The summed E-state index contributed by atoms with van der Waals surface area (Å²) >= 11 is 0. The lowest BCUT2D eigenvalue weighted by Gasteiger charge is -1.96. The maximum atomic E-state index is 13.1. The molecule has 0 aliphatic carbocycles. The van der Waals surface area contributed by atoms with Gasteiger partial charge in [-0.25, -0.2) is 13.9 Å². The van der Waals surface area contributed by atoms with Crippen LogP contribution in [0.3, 0.4) is 0 Å². The molecule has 3 aromatic rings. The van der Waals surface area contributed by atoms with Gasteiger partial charge in [0.2, 0.25) is 0 Å². The number of carbonyl (C=O) groups is 1. The van der Waals surface area contributed by atoms with Gasteiger partial charge in [0.25, 0.3) is 0 Å². The number of hydrogen-bond donors (Lipinski definition) is 0. The van der Waals surface area contributed by atoms with Crippen molar-refractivity contribution in [1.82, 2.24) is 14.6 Å². The van der Waals surface area contributed by atoms with E-state index < -0.39 is 0 Å². The molecule has 94 valence electrons. The smallest absolute Gasteiger partial charge is 0.168 e. The maximum Gasteiger partial charge on any atom is 0.168 e. The standard InChI is InChI=1S/C14H10FN3O/c15-11-4-1-3-10(7-11)8-13-16-14-6-2-5-12(9-19)18(14)17-13/h1-7,9H,8H2. The third-order valence-electron chi connectivity index (χ3n) is 2.80. The van der Waals surface area contributed by atoms with Crippen molar-refractivity contribution < 1.29 is 9.18 Å². The molecule has 5 heteroatoms. The third-order valence-corrected chi connectivity index (χ3v) is 2.80. The van der Waals surface area contributed by atoms with Gasteiger partial charge in [-0.1, -0.05) is 18.2 Å². The quantitative estimate of drug-likeness (QED) is 0.674. The molecule has 0 unspecified atom stereocenters.